The van der Waals surface area contributed by atoms with Gasteiger partial charge in [-0.15, -0.1) is 0 Å². The monoisotopic (exact) mass is 188 g/mol. The van der Waals surface area contributed by atoms with Crippen LogP contribution in [0.4, 0.5) is 0 Å². The lowest BCUT2D eigenvalue weighted by Crippen LogP contribution is -2.02. The van der Waals surface area contributed by atoms with E-state index in [4.69, 9.17) is 0 Å². The molecule has 0 N–H and O–H groups in total. The van der Waals surface area contributed by atoms with Gasteiger partial charge in [0.05, 0.1) is 0 Å². The zero-order valence-corrected chi connectivity index (χ0v) is 9.47. The molecule has 2 aromatic heterocycles. The number of aromatic nitrogens is 2. The van der Waals surface area contributed by atoms with Crippen LogP contribution in [0.2, 0.25) is 0 Å². The van der Waals surface area contributed by atoms with Crippen molar-refractivity contribution in [2.24, 2.45) is 0 Å². The summed E-state index contributed by atoms with van der Waals surface area (Å²) in [5.41, 5.74) is 7.64. The van der Waals surface area contributed by atoms with Gasteiger partial charge in [-0.25, -0.2) is 4.98 Å². The number of fused-ring (bicyclic) bond motifs is 1. The van der Waals surface area contributed by atoms with Crippen LogP contribution < -0.4 is 0 Å². The summed E-state index contributed by atoms with van der Waals surface area (Å²) >= 11 is 0. The van der Waals surface area contributed by atoms with Crippen molar-refractivity contribution in [2.75, 3.05) is 0 Å². The normalized spacial score (nSPS) is 11.2. The molecular weight excluding hydrogens is 172 g/mol. The van der Waals surface area contributed by atoms with Crippen molar-refractivity contribution in [3.05, 3.63) is 34.3 Å². The lowest BCUT2D eigenvalue weighted by molar-refractivity contribution is 0.992. The van der Waals surface area contributed by atoms with Gasteiger partial charge in [0.2, 0.25) is 0 Å². The Labute approximate surface area is 84.6 Å². The number of nitrogens with zero attached hydrogens (tertiary/aromatic N) is 2. The summed E-state index contributed by atoms with van der Waals surface area (Å²) < 4.78 is 2.23. The van der Waals surface area contributed by atoms with Crippen molar-refractivity contribution in [1.82, 2.24) is 9.38 Å². The molecule has 0 spiro atoms. The van der Waals surface area contributed by atoms with Crippen LogP contribution in [0.25, 0.3) is 5.65 Å². The predicted octanol–water partition coefficient (Wildman–Crippen LogP) is 2.88. The van der Waals surface area contributed by atoms with E-state index in [2.05, 4.69) is 44.0 Å². The van der Waals surface area contributed by atoms with E-state index in [1.165, 1.54) is 28.1 Å². The molecule has 2 rings (SSSR count). The van der Waals surface area contributed by atoms with E-state index >= 15 is 0 Å². The second-order valence-electron chi connectivity index (χ2n) is 4.02. The lowest BCUT2D eigenvalue weighted by atomic mass is 10.0. The van der Waals surface area contributed by atoms with Crippen LogP contribution in [0.15, 0.2) is 6.20 Å². The van der Waals surface area contributed by atoms with Gasteiger partial charge < -0.3 is 4.40 Å². The van der Waals surface area contributed by atoms with Crippen molar-refractivity contribution in [3.63, 3.8) is 0 Å². The highest BCUT2D eigenvalue weighted by atomic mass is 15.0. The van der Waals surface area contributed by atoms with Crippen LogP contribution in [0, 0.1) is 34.6 Å². The minimum atomic E-state index is 1.10. The smallest absolute Gasteiger partial charge is 0.140 e. The fourth-order valence-electron chi connectivity index (χ4n) is 2.01. The molecule has 2 heteroatoms. The van der Waals surface area contributed by atoms with Crippen LogP contribution in [0.1, 0.15) is 28.1 Å². The van der Waals surface area contributed by atoms with Crippen molar-refractivity contribution < 1.29 is 0 Å². The first kappa shape index (κ1) is 9.25. The van der Waals surface area contributed by atoms with E-state index in [1.807, 2.05) is 6.20 Å². The van der Waals surface area contributed by atoms with Crippen molar-refractivity contribution in [1.29, 1.82) is 0 Å². The minimum Gasteiger partial charge on any atom is -0.301 e. The van der Waals surface area contributed by atoms with Gasteiger partial charge in [0.15, 0.2) is 0 Å². The molecule has 0 amide bonds. The second-order valence-corrected chi connectivity index (χ2v) is 4.02. The van der Waals surface area contributed by atoms with Crippen LogP contribution >= 0.6 is 0 Å². The average Bonchev–Trinajstić information content (AvgIpc) is 2.54. The van der Waals surface area contributed by atoms with Crippen LogP contribution in [-0.2, 0) is 0 Å². The van der Waals surface area contributed by atoms with Crippen LogP contribution in [0.5, 0.6) is 0 Å². The molecule has 0 radical (unpaired) electrons. The van der Waals surface area contributed by atoms with E-state index in [9.17, 15) is 0 Å². The highest BCUT2D eigenvalue weighted by molar-refractivity contribution is 5.56. The maximum Gasteiger partial charge on any atom is 0.140 e. The van der Waals surface area contributed by atoms with Gasteiger partial charge in [-0.3, -0.25) is 0 Å². The summed E-state index contributed by atoms with van der Waals surface area (Å²) in [6, 6.07) is 0. The average molecular weight is 188 g/mol. The fraction of sp³-hybridized carbons (Fsp3) is 0.417. The molecule has 0 aromatic carbocycles. The zero-order chi connectivity index (χ0) is 10.5. The second kappa shape index (κ2) is 2.84. The summed E-state index contributed by atoms with van der Waals surface area (Å²) in [5.74, 6) is 0. The lowest BCUT2D eigenvalue weighted by Gasteiger charge is -2.12. The fourth-order valence-corrected chi connectivity index (χ4v) is 2.01. The van der Waals surface area contributed by atoms with Crippen molar-refractivity contribution >= 4 is 5.65 Å². The molecule has 14 heavy (non-hydrogen) atoms. The first-order chi connectivity index (χ1) is 6.54. The standard InChI is InChI=1S/C12H16N2/c1-7-6-13-12-10(4)8(2)9(3)11(5)14(7)12/h6H,1-5H3. The van der Waals surface area contributed by atoms with Crippen LogP contribution in [-0.4, -0.2) is 9.38 Å². The molecule has 0 aliphatic rings. The molecule has 0 aliphatic heterocycles. The molecule has 74 valence electrons. The first-order valence-corrected chi connectivity index (χ1v) is 4.94. The predicted molar refractivity (Wildman–Crippen MR) is 58.9 cm³/mol. The number of pyridine rings is 1. The Kier molecular flexibility index (Phi) is 1.88. The summed E-state index contributed by atoms with van der Waals surface area (Å²) in [6.45, 7) is 10.7. The SMILES string of the molecule is Cc1c(C)c(C)n2c(C)cnc2c1C. The molecule has 2 aromatic rings. The number of aryl methyl sites for hydroxylation is 3. The Bertz CT molecular complexity index is 507. The van der Waals surface area contributed by atoms with E-state index in [0.29, 0.717) is 0 Å². The summed E-state index contributed by atoms with van der Waals surface area (Å²) in [7, 11) is 0. The molecule has 0 fully saturated rings. The first-order valence-electron chi connectivity index (χ1n) is 4.94. The largest absolute Gasteiger partial charge is 0.301 e. The summed E-state index contributed by atoms with van der Waals surface area (Å²) in [6.07, 6.45) is 1.94. The Balaban J connectivity index is 3.05. The highest BCUT2D eigenvalue weighted by Crippen LogP contribution is 2.22. The van der Waals surface area contributed by atoms with Gasteiger partial charge in [-0.05, 0) is 51.3 Å². The quantitative estimate of drug-likeness (QED) is 0.621. The van der Waals surface area contributed by atoms with Crippen molar-refractivity contribution in [2.45, 2.75) is 34.6 Å². The molecule has 0 saturated heterocycles. The summed E-state index contributed by atoms with van der Waals surface area (Å²) in [4.78, 5) is 4.44. The molecule has 2 nitrogen and oxygen atoms in total. The van der Waals surface area contributed by atoms with Gasteiger partial charge in [0, 0.05) is 17.6 Å². The maximum atomic E-state index is 4.44. The van der Waals surface area contributed by atoms with Gasteiger partial charge in [-0.1, -0.05) is 0 Å². The molecular formula is C12H16N2. The molecule has 0 bridgehead atoms. The number of hydrogen-bond donors (Lipinski definition) is 0. The van der Waals surface area contributed by atoms with Gasteiger partial charge in [0.1, 0.15) is 5.65 Å². The Morgan fingerprint density at radius 1 is 0.929 bits per heavy atom. The third-order valence-electron chi connectivity index (χ3n) is 3.28. The topological polar surface area (TPSA) is 17.3 Å². The number of hydrogen-bond acceptors (Lipinski definition) is 1. The third-order valence-corrected chi connectivity index (χ3v) is 3.28. The minimum absolute atomic E-state index is 1.10. The Morgan fingerprint density at radius 2 is 1.57 bits per heavy atom. The molecule has 0 saturated carbocycles. The van der Waals surface area contributed by atoms with E-state index < -0.39 is 0 Å². The maximum absolute atomic E-state index is 4.44. The van der Waals surface area contributed by atoms with E-state index in [1.54, 1.807) is 0 Å². The summed E-state index contributed by atoms with van der Waals surface area (Å²) in [5, 5.41) is 0. The Hall–Kier alpha value is -1.31. The molecule has 0 atom stereocenters. The number of rotatable bonds is 0. The highest BCUT2D eigenvalue weighted by Gasteiger charge is 2.10. The van der Waals surface area contributed by atoms with Crippen molar-refractivity contribution in [3.8, 4) is 0 Å². The molecule has 2 heterocycles. The number of imidazole rings is 1. The van der Waals surface area contributed by atoms with Gasteiger partial charge in [-0.2, -0.15) is 0 Å². The van der Waals surface area contributed by atoms with Crippen LogP contribution in [0.3, 0.4) is 0 Å². The van der Waals surface area contributed by atoms with E-state index in [-0.39, 0.29) is 0 Å². The van der Waals surface area contributed by atoms with E-state index in [0.717, 1.165) is 5.65 Å². The molecule has 0 unspecified atom stereocenters. The molecule has 0 aliphatic carbocycles. The van der Waals surface area contributed by atoms with Gasteiger partial charge >= 0.3 is 0 Å². The Morgan fingerprint density at radius 3 is 2.21 bits per heavy atom. The third kappa shape index (κ3) is 0.999. The zero-order valence-electron chi connectivity index (χ0n) is 9.47. The van der Waals surface area contributed by atoms with Gasteiger partial charge in [0.25, 0.3) is 0 Å².